The van der Waals surface area contributed by atoms with Crippen LogP contribution in [-0.4, -0.2) is 28.7 Å². The number of hydrogen-bond acceptors (Lipinski definition) is 3. The van der Waals surface area contributed by atoms with Crippen LogP contribution in [0.5, 0.6) is 0 Å². The summed E-state index contributed by atoms with van der Waals surface area (Å²) in [6.07, 6.45) is 0. The molecule has 0 spiro atoms. The number of carbonyl (C=O) groups excluding carboxylic acids is 2. The van der Waals surface area contributed by atoms with Gasteiger partial charge in [0, 0.05) is 24.3 Å². The van der Waals surface area contributed by atoms with Crippen molar-refractivity contribution in [2.45, 2.75) is 6.54 Å². The quantitative estimate of drug-likeness (QED) is 0.720. The highest BCUT2D eigenvalue weighted by Crippen LogP contribution is 2.16. The number of aromatic nitrogens is 1. The van der Waals surface area contributed by atoms with Gasteiger partial charge in [-0.05, 0) is 35.9 Å². The first kappa shape index (κ1) is 18.6. The SMILES string of the molecule is CN(Cc1ccccc1)C(=O)c1cccc(C(=O)Nc2cccc(Cl)c2)n1. The second-order valence-electron chi connectivity index (χ2n) is 6.02. The lowest BCUT2D eigenvalue weighted by atomic mass is 10.2. The first-order chi connectivity index (χ1) is 13.0. The maximum atomic E-state index is 12.6. The van der Waals surface area contributed by atoms with Crippen molar-refractivity contribution in [1.29, 1.82) is 0 Å². The fourth-order valence-corrected chi connectivity index (χ4v) is 2.76. The Hall–Kier alpha value is -3.18. The summed E-state index contributed by atoms with van der Waals surface area (Å²) >= 11 is 5.93. The van der Waals surface area contributed by atoms with Crippen molar-refractivity contribution in [1.82, 2.24) is 9.88 Å². The van der Waals surface area contributed by atoms with E-state index in [9.17, 15) is 9.59 Å². The van der Waals surface area contributed by atoms with E-state index in [0.29, 0.717) is 17.3 Å². The van der Waals surface area contributed by atoms with Gasteiger partial charge < -0.3 is 10.2 Å². The Morgan fingerprint density at radius 3 is 2.41 bits per heavy atom. The molecule has 0 fully saturated rings. The minimum atomic E-state index is -0.405. The molecule has 3 rings (SSSR count). The minimum Gasteiger partial charge on any atom is -0.336 e. The van der Waals surface area contributed by atoms with Crippen LogP contribution in [0.3, 0.4) is 0 Å². The molecule has 0 aliphatic carbocycles. The van der Waals surface area contributed by atoms with Gasteiger partial charge in [0.2, 0.25) is 0 Å². The monoisotopic (exact) mass is 379 g/mol. The maximum absolute atomic E-state index is 12.6. The Morgan fingerprint density at radius 2 is 1.67 bits per heavy atom. The number of halogens is 1. The van der Waals surface area contributed by atoms with Crippen LogP contribution < -0.4 is 5.32 Å². The number of benzene rings is 2. The van der Waals surface area contributed by atoms with Crippen LogP contribution in [0.25, 0.3) is 0 Å². The van der Waals surface area contributed by atoms with E-state index in [-0.39, 0.29) is 17.3 Å². The lowest BCUT2D eigenvalue weighted by Crippen LogP contribution is -2.27. The molecule has 0 bridgehead atoms. The van der Waals surface area contributed by atoms with E-state index in [0.717, 1.165) is 5.56 Å². The fourth-order valence-electron chi connectivity index (χ4n) is 2.57. The van der Waals surface area contributed by atoms with Gasteiger partial charge in [-0.15, -0.1) is 0 Å². The zero-order chi connectivity index (χ0) is 19.2. The van der Waals surface area contributed by atoms with Gasteiger partial charge in [0.15, 0.2) is 0 Å². The molecule has 0 saturated heterocycles. The predicted molar refractivity (Wildman–Crippen MR) is 106 cm³/mol. The van der Waals surface area contributed by atoms with Gasteiger partial charge in [-0.25, -0.2) is 4.98 Å². The highest BCUT2D eigenvalue weighted by atomic mass is 35.5. The molecule has 0 saturated carbocycles. The van der Waals surface area contributed by atoms with Crippen molar-refractivity contribution in [2.24, 2.45) is 0 Å². The van der Waals surface area contributed by atoms with Crippen molar-refractivity contribution in [3.63, 3.8) is 0 Å². The van der Waals surface area contributed by atoms with E-state index in [1.165, 1.54) is 0 Å². The Balaban J connectivity index is 1.72. The molecule has 2 aromatic carbocycles. The molecule has 0 aliphatic heterocycles. The number of rotatable bonds is 5. The molecule has 1 heterocycles. The largest absolute Gasteiger partial charge is 0.336 e. The van der Waals surface area contributed by atoms with E-state index >= 15 is 0 Å². The highest BCUT2D eigenvalue weighted by molar-refractivity contribution is 6.30. The number of anilines is 1. The summed E-state index contributed by atoms with van der Waals surface area (Å²) in [7, 11) is 1.70. The molecular formula is C21H18ClN3O2. The Labute approximate surface area is 162 Å². The van der Waals surface area contributed by atoms with Gasteiger partial charge in [0.1, 0.15) is 11.4 Å². The molecule has 1 aromatic heterocycles. The third-order valence-corrected chi connectivity index (χ3v) is 4.13. The molecule has 0 unspecified atom stereocenters. The molecular weight excluding hydrogens is 362 g/mol. The third kappa shape index (κ3) is 4.92. The van der Waals surface area contributed by atoms with Crippen LogP contribution in [0.15, 0.2) is 72.8 Å². The molecule has 0 aliphatic rings. The van der Waals surface area contributed by atoms with E-state index in [4.69, 9.17) is 11.6 Å². The van der Waals surface area contributed by atoms with Crippen LogP contribution in [0, 0.1) is 0 Å². The first-order valence-electron chi connectivity index (χ1n) is 8.36. The molecule has 136 valence electrons. The summed E-state index contributed by atoms with van der Waals surface area (Å²) in [6.45, 7) is 0.459. The molecule has 0 atom stereocenters. The zero-order valence-corrected chi connectivity index (χ0v) is 15.5. The summed E-state index contributed by atoms with van der Waals surface area (Å²) in [5.74, 6) is -0.658. The molecule has 3 aromatic rings. The fraction of sp³-hybridized carbons (Fsp3) is 0.0952. The molecule has 6 heteroatoms. The van der Waals surface area contributed by atoms with Gasteiger partial charge >= 0.3 is 0 Å². The summed E-state index contributed by atoms with van der Waals surface area (Å²) in [4.78, 5) is 30.8. The topological polar surface area (TPSA) is 62.3 Å². The van der Waals surface area contributed by atoms with Crippen LogP contribution in [0.1, 0.15) is 26.5 Å². The summed E-state index contributed by atoms with van der Waals surface area (Å²) in [5.41, 5.74) is 1.96. The normalized spacial score (nSPS) is 10.3. The Kier molecular flexibility index (Phi) is 5.84. The zero-order valence-electron chi connectivity index (χ0n) is 14.7. The van der Waals surface area contributed by atoms with Crippen LogP contribution in [-0.2, 0) is 6.54 Å². The standard InChI is InChI=1S/C21H18ClN3O2/c1-25(14-15-7-3-2-4-8-15)21(27)19-12-6-11-18(24-19)20(26)23-17-10-5-9-16(22)13-17/h2-13H,14H2,1H3,(H,23,26). The van der Waals surface area contributed by atoms with E-state index in [1.54, 1.807) is 54.4 Å². The van der Waals surface area contributed by atoms with E-state index < -0.39 is 5.91 Å². The van der Waals surface area contributed by atoms with Gasteiger partial charge in [-0.3, -0.25) is 9.59 Å². The number of hydrogen-bond donors (Lipinski definition) is 1. The van der Waals surface area contributed by atoms with Gasteiger partial charge in [0.05, 0.1) is 0 Å². The lowest BCUT2D eigenvalue weighted by Gasteiger charge is -2.17. The van der Waals surface area contributed by atoms with Gasteiger partial charge in [0.25, 0.3) is 11.8 Å². The smallest absolute Gasteiger partial charge is 0.274 e. The summed E-state index contributed by atoms with van der Waals surface area (Å²) < 4.78 is 0. The first-order valence-corrected chi connectivity index (χ1v) is 8.74. The average Bonchev–Trinajstić information content (AvgIpc) is 2.68. The molecule has 27 heavy (non-hydrogen) atoms. The van der Waals surface area contributed by atoms with E-state index in [2.05, 4.69) is 10.3 Å². The van der Waals surface area contributed by atoms with Gasteiger partial charge in [-0.2, -0.15) is 0 Å². The average molecular weight is 380 g/mol. The van der Waals surface area contributed by atoms with Crippen molar-refractivity contribution in [3.05, 3.63) is 94.8 Å². The van der Waals surface area contributed by atoms with Crippen molar-refractivity contribution < 1.29 is 9.59 Å². The van der Waals surface area contributed by atoms with Crippen LogP contribution >= 0.6 is 11.6 Å². The highest BCUT2D eigenvalue weighted by Gasteiger charge is 2.16. The predicted octanol–water partition coefficient (Wildman–Crippen LogP) is 4.26. The molecule has 5 nitrogen and oxygen atoms in total. The van der Waals surface area contributed by atoms with Crippen LogP contribution in [0.4, 0.5) is 5.69 Å². The number of pyridine rings is 1. The molecule has 1 N–H and O–H groups in total. The lowest BCUT2D eigenvalue weighted by molar-refractivity contribution is 0.0779. The summed E-state index contributed by atoms with van der Waals surface area (Å²) in [6, 6.07) is 21.3. The Bertz CT molecular complexity index is 960. The second kappa shape index (κ2) is 8.47. The number of nitrogens with one attached hydrogen (secondary N) is 1. The number of amides is 2. The van der Waals surface area contributed by atoms with Crippen molar-refractivity contribution >= 4 is 29.1 Å². The Morgan fingerprint density at radius 1 is 0.963 bits per heavy atom. The van der Waals surface area contributed by atoms with Crippen molar-refractivity contribution in [2.75, 3.05) is 12.4 Å². The maximum Gasteiger partial charge on any atom is 0.274 e. The van der Waals surface area contributed by atoms with E-state index in [1.807, 2.05) is 30.3 Å². The minimum absolute atomic E-state index is 0.161. The summed E-state index contributed by atoms with van der Waals surface area (Å²) in [5, 5.41) is 3.24. The van der Waals surface area contributed by atoms with Crippen LogP contribution in [0.2, 0.25) is 5.02 Å². The molecule has 2 amide bonds. The second-order valence-corrected chi connectivity index (χ2v) is 6.46. The third-order valence-electron chi connectivity index (χ3n) is 3.89. The number of nitrogens with zero attached hydrogens (tertiary/aromatic N) is 2. The van der Waals surface area contributed by atoms with Crippen molar-refractivity contribution in [3.8, 4) is 0 Å². The molecule has 0 radical (unpaired) electrons. The number of carbonyl (C=O) groups is 2. The van der Waals surface area contributed by atoms with Gasteiger partial charge in [-0.1, -0.05) is 54.1 Å².